The van der Waals surface area contributed by atoms with E-state index in [2.05, 4.69) is 0 Å². The van der Waals surface area contributed by atoms with Crippen LogP contribution in [0.2, 0.25) is 0 Å². The number of piperazine rings is 1. The summed E-state index contributed by atoms with van der Waals surface area (Å²) in [6, 6.07) is 8.99. The Morgan fingerprint density at radius 2 is 2.00 bits per heavy atom. The Hall–Kier alpha value is -1.88. The van der Waals surface area contributed by atoms with Crippen LogP contribution in [0.3, 0.4) is 0 Å². The van der Waals surface area contributed by atoms with Gasteiger partial charge < -0.3 is 15.5 Å². The van der Waals surface area contributed by atoms with Crippen LogP contribution in [0.25, 0.3) is 0 Å². The van der Waals surface area contributed by atoms with Crippen LogP contribution in [-0.2, 0) is 9.59 Å². The second-order valence-electron chi connectivity index (χ2n) is 5.45. The quantitative estimate of drug-likeness (QED) is 0.854. The number of fused-ring (bicyclic) bond motifs is 1. The van der Waals surface area contributed by atoms with E-state index >= 15 is 0 Å². The molecule has 2 saturated heterocycles. The Kier molecular flexibility index (Phi) is 3.44. The van der Waals surface area contributed by atoms with Crippen LogP contribution in [0.4, 0.5) is 0 Å². The summed E-state index contributed by atoms with van der Waals surface area (Å²) in [5.74, 6) is 0.171. The first-order valence-electron chi connectivity index (χ1n) is 7.05. The molecule has 2 N–H and O–H groups in total. The van der Waals surface area contributed by atoms with Crippen LogP contribution in [-0.4, -0.2) is 47.3 Å². The molecule has 0 bridgehead atoms. The Balaban J connectivity index is 1.68. The minimum Gasteiger partial charge on any atom is -0.337 e. The summed E-state index contributed by atoms with van der Waals surface area (Å²) in [5, 5.41) is 0. The van der Waals surface area contributed by atoms with Gasteiger partial charge in [0.25, 0.3) is 0 Å². The van der Waals surface area contributed by atoms with E-state index in [-0.39, 0.29) is 17.9 Å². The number of hydrogen-bond donors (Lipinski definition) is 1. The van der Waals surface area contributed by atoms with Gasteiger partial charge in [0, 0.05) is 32.1 Å². The first kappa shape index (κ1) is 13.1. The van der Waals surface area contributed by atoms with Crippen molar-refractivity contribution in [3.8, 4) is 0 Å². The van der Waals surface area contributed by atoms with Crippen molar-refractivity contribution in [3.63, 3.8) is 0 Å². The van der Waals surface area contributed by atoms with Crippen molar-refractivity contribution in [1.29, 1.82) is 0 Å². The van der Waals surface area contributed by atoms with Crippen LogP contribution in [0.1, 0.15) is 24.4 Å². The SMILES string of the molecule is N[C@H](C(=O)N1CCN2C(=O)CCC2C1)c1ccccc1. The maximum Gasteiger partial charge on any atom is 0.244 e. The molecule has 0 saturated carbocycles. The van der Waals surface area contributed by atoms with Crippen molar-refractivity contribution < 1.29 is 9.59 Å². The summed E-state index contributed by atoms with van der Waals surface area (Å²) in [6.45, 7) is 1.84. The lowest BCUT2D eigenvalue weighted by Crippen LogP contribution is -2.54. The third kappa shape index (κ3) is 2.29. The summed E-state index contributed by atoms with van der Waals surface area (Å²) >= 11 is 0. The predicted molar refractivity (Wildman–Crippen MR) is 74.7 cm³/mol. The van der Waals surface area contributed by atoms with Crippen LogP contribution in [0.5, 0.6) is 0 Å². The fourth-order valence-corrected chi connectivity index (χ4v) is 3.06. The van der Waals surface area contributed by atoms with Crippen molar-refractivity contribution in [2.24, 2.45) is 5.73 Å². The molecule has 2 atom stereocenters. The van der Waals surface area contributed by atoms with E-state index in [4.69, 9.17) is 5.73 Å². The standard InChI is InChI=1S/C15H19N3O2/c16-14(11-4-2-1-3-5-11)15(20)17-8-9-18-12(10-17)6-7-13(18)19/h1-5,12,14H,6-10,16H2/t12?,14-/m0/s1. The minimum atomic E-state index is -0.611. The topological polar surface area (TPSA) is 66.6 Å². The normalized spacial score (nSPS) is 23.6. The molecule has 2 amide bonds. The molecule has 1 unspecified atom stereocenters. The lowest BCUT2D eigenvalue weighted by atomic mass is 10.1. The minimum absolute atomic E-state index is 0.0461. The molecule has 0 spiro atoms. The smallest absolute Gasteiger partial charge is 0.244 e. The third-order valence-corrected chi connectivity index (χ3v) is 4.23. The summed E-state index contributed by atoms with van der Waals surface area (Å²) in [5.41, 5.74) is 6.90. The average Bonchev–Trinajstić information content (AvgIpc) is 2.87. The van der Waals surface area contributed by atoms with Gasteiger partial charge in [-0.15, -0.1) is 0 Å². The van der Waals surface area contributed by atoms with Gasteiger partial charge in [0.1, 0.15) is 6.04 Å². The number of amides is 2. The van der Waals surface area contributed by atoms with Crippen molar-refractivity contribution in [1.82, 2.24) is 9.80 Å². The van der Waals surface area contributed by atoms with Gasteiger partial charge in [-0.3, -0.25) is 9.59 Å². The number of hydrogen-bond acceptors (Lipinski definition) is 3. The highest BCUT2D eigenvalue weighted by atomic mass is 16.2. The van der Waals surface area contributed by atoms with E-state index in [0.29, 0.717) is 26.1 Å². The second-order valence-corrected chi connectivity index (χ2v) is 5.45. The number of nitrogens with zero attached hydrogens (tertiary/aromatic N) is 2. The summed E-state index contributed by atoms with van der Waals surface area (Å²) in [4.78, 5) is 27.8. The first-order chi connectivity index (χ1) is 9.66. The number of nitrogens with two attached hydrogens (primary N) is 1. The molecule has 1 aromatic carbocycles. The van der Waals surface area contributed by atoms with Gasteiger partial charge in [0.2, 0.25) is 11.8 Å². The summed E-state index contributed by atoms with van der Waals surface area (Å²) < 4.78 is 0. The molecule has 106 valence electrons. The molecule has 3 rings (SSSR count). The summed E-state index contributed by atoms with van der Waals surface area (Å²) in [7, 11) is 0. The Labute approximate surface area is 118 Å². The van der Waals surface area contributed by atoms with E-state index in [1.54, 1.807) is 4.90 Å². The average molecular weight is 273 g/mol. The Bertz CT molecular complexity index is 517. The zero-order valence-electron chi connectivity index (χ0n) is 11.4. The number of carbonyl (C=O) groups excluding carboxylic acids is 2. The van der Waals surface area contributed by atoms with E-state index in [9.17, 15) is 9.59 Å². The van der Waals surface area contributed by atoms with Gasteiger partial charge in [-0.25, -0.2) is 0 Å². The lowest BCUT2D eigenvalue weighted by molar-refractivity contribution is -0.140. The van der Waals surface area contributed by atoms with Gasteiger partial charge in [0.05, 0.1) is 0 Å². The maximum atomic E-state index is 12.5. The maximum absolute atomic E-state index is 12.5. The fourth-order valence-electron chi connectivity index (χ4n) is 3.06. The third-order valence-electron chi connectivity index (χ3n) is 4.23. The molecule has 0 radical (unpaired) electrons. The highest BCUT2D eigenvalue weighted by Crippen LogP contribution is 2.24. The molecule has 2 aliphatic heterocycles. The van der Waals surface area contributed by atoms with Crippen LogP contribution >= 0.6 is 0 Å². The molecule has 0 aromatic heterocycles. The van der Waals surface area contributed by atoms with Crippen LogP contribution in [0, 0.1) is 0 Å². The number of rotatable bonds is 2. The van der Waals surface area contributed by atoms with Crippen LogP contribution in [0.15, 0.2) is 30.3 Å². The molecule has 20 heavy (non-hydrogen) atoms. The van der Waals surface area contributed by atoms with E-state index < -0.39 is 6.04 Å². The molecule has 0 aliphatic carbocycles. The predicted octanol–water partition coefficient (Wildman–Crippen LogP) is 0.520. The molecule has 2 aliphatic rings. The van der Waals surface area contributed by atoms with Gasteiger partial charge in [0.15, 0.2) is 0 Å². The highest BCUT2D eigenvalue weighted by Gasteiger charge is 2.37. The number of benzene rings is 1. The van der Waals surface area contributed by atoms with E-state index in [1.807, 2.05) is 35.2 Å². The van der Waals surface area contributed by atoms with E-state index in [0.717, 1.165) is 12.0 Å². The molecule has 5 heteroatoms. The molecular formula is C15H19N3O2. The molecule has 2 fully saturated rings. The molecule has 5 nitrogen and oxygen atoms in total. The number of carbonyl (C=O) groups is 2. The van der Waals surface area contributed by atoms with Gasteiger partial charge in [-0.1, -0.05) is 30.3 Å². The van der Waals surface area contributed by atoms with E-state index in [1.165, 1.54) is 0 Å². The monoisotopic (exact) mass is 273 g/mol. The van der Waals surface area contributed by atoms with Crippen molar-refractivity contribution in [2.75, 3.05) is 19.6 Å². The summed E-state index contributed by atoms with van der Waals surface area (Å²) in [6.07, 6.45) is 1.46. The largest absolute Gasteiger partial charge is 0.337 e. The highest BCUT2D eigenvalue weighted by molar-refractivity contribution is 5.84. The van der Waals surface area contributed by atoms with Crippen molar-refractivity contribution >= 4 is 11.8 Å². The van der Waals surface area contributed by atoms with Gasteiger partial charge >= 0.3 is 0 Å². The van der Waals surface area contributed by atoms with Crippen LogP contribution < -0.4 is 5.73 Å². The lowest BCUT2D eigenvalue weighted by Gasteiger charge is -2.38. The van der Waals surface area contributed by atoms with Crippen molar-refractivity contribution in [2.45, 2.75) is 24.9 Å². The Morgan fingerprint density at radius 3 is 2.75 bits per heavy atom. The molecular weight excluding hydrogens is 254 g/mol. The van der Waals surface area contributed by atoms with Crippen molar-refractivity contribution in [3.05, 3.63) is 35.9 Å². The molecule has 1 aromatic rings. The fraction of sp³-hybridized carbons (Fsp3) is 0.467. The zero-order chi connectivity index (χ0) is 14.1. The second kappa shape index (κ2) is 5.25. The Morgan fingerprint density at radius 1 is 1.25 bits per heavy atom. The first-order valence-corrected chi connectivity index (χ1v) is 7.05. The molecule has 2 heterocycles. The van der Waals surface area contributed by atoms with Gasteiger partial charge in [-0.2, -0.15) is 0 Å². The van der Waals surface area contributed by atoms with Gasteiger partial charge in [-0.05, 0) is 12.0 Å². The zero-order valence-corrected chi connectivity index (χ0v) is 11.4.